The Morgan fingerprint density at radius 1 is 1.05 bits per heavy atom. The normalized spacial score (nSPS) is 14.5. The number of benzene rings is 3. The van der Waals surface area contributed by atoms with Crippen molar-refractivity contribution in [3.8, 4) is 5.75 Å². The lowest BCUT2D eigenvalue weighted by molar-refractivity contribution is -0.122. The van der Waals surface area contributed by atoms with Crippen molar-refractivity contribution >= 4 is 84.7 Å². The topological polar surface area (TPSA) is 105 Å². The standard InChI is InChI=1S/C28H22Br2ClN3O5/c1-14-5-4-6-23(16(14)3)32-24(35)13-39-25-17(9-18(29)11-21(25)30)10-20-26(36)33-28(38)34(27(20)37)19-8-7-15(2)22(31)12-19/h4-12H,13H2,1-3H3,(H,32,35)(H,33,36,38)/b20-10+. The third-order valence-electron chi connectivity index (χ3n) is 6.08. The molecule has 0 aliphatic carbocycles. The zero-order valence-electron chi connectivity index (χ0n) is 21.0. The average molecular weight is 676 g/mol. The Hall–Kier alpha value is -3.47. The van der Waals surface area contributed by atoms with Gasteiger partial charge in [0.2, 0.25) is 0 Å². The van der Waals surface area contributed by atoms with E-state index >= 15 is 0 Å². The third kappa shape index (κ3) is 6.24. The number of carbonyl (C=O) groups is 4. The van der Waals surface area contributed by atoms with E-state index in [1.807, 2.05) is 26.0 Å². The van der Waals surface area contributed by atoms with Crippen LogP contribution >= 0.6 is 43.5 Å². The van der Waals surface area contributed by atoms with Gasteiger partial charge in [-0.3, -0.25) is 19.7 Å². The van der Waals surface area contributed by atoms with Gasteiger partial charge in [-0.05, 0) is 89.8 Å². The van der Waals surface area contributed by atoms with E-state index in [1.54, 1.807) is 37.3 Å². The highest BCUT2D eigenvalue weighted by Crippen LogP contribution is 2.35. The molecule has 39 heavy (non-hydrogen) atoms. The van der Waals surface area contributed by atoms with Crippen LogP contribution in [0.5, 0.6) is 5.75 Å². The van der Waals surface area contributed by atoms with Gasteiger partial charge in [-0.1, -0.05) is 45.7 Å². The minimum Gasteiger partial charge on any atom is -0.482 e. The highest BCUT2D eigenvalue weighted by atomic mass is 79.9. The van der Waals surface area contributed by atoms with Gasteiger partial charge in [-0.15, -0.1) is 0 Å². The summed E-state index contributed by atoms with van der Waals surface area (Å²) in [6.07, 6.45) is 1.31. The van der Waals surface area contributed by atoms with Crippen LogP contribution in [0, 0.1) is 20.8 Å². The van der Waals surface area contributed by atoms with Gasteiger partial charge < -0.3 is 10.1 Å². The number of hydrogen-bond donors (Lipinski definition) is 2. The molecule has 0 saturated carbocycles. The molecule has 3 aromatic carbocycles. The number of imide groups is 2. The van der Waals surface area contributed by atoms with Gasteiger partial charge in [0.1, 0.15) is 11.3 Å². The van der Waals surface area contributed by atoms with Crippen LogP contribution in [0.25, 0.3) is 6.08 Å². The van der Waals surface area contributed by atoms with Crippen molar-refractivity contribution in [2.75, 3.05) is 16.8 Å². The predicted molar refractivity (Wildman–Crippen MR) is 157 cm³/mol. The van der Waals surface area contributed by atoms with Crippen LogP contribution in [0.4, 0.5) is 16.2 Å². The number of nitrogens with zero attached hydrogens (tertiary/aromatic N) is 1. The van der Waals surface area contributed by atoms with Gasteiger partial charge in [-0.2, -0.15) is 0 Å². The number of nitrogens with one attached hydrogen (secondary N) is 2. The first-order valence-corrected chi connectivity index (χ1v) is 13.6. The molecule has 0 radical (unpaired) electrons. The molecule has 1 aliphatic rings. The number of amides is 5. The van der Waals surface area contributed by atoms with Crippen molar-refractivity contribution in [3.05, 3.63) is 90.3 Å². The summed E-state index contributed by atoms with van der Waals surface area (Å²) in [4.78, 5) is 52.2. The third-order valence-corrected chi connectivity index (χ3v) is 7.53. The molecule has 4 rings (SSSR count). The molecule has 0 aromatic heterocycles. The number of carbonyl (C=O) groups excluding carboxylic acids is 4. The molecule has 0 bridgehead atoms. The molecule has 1 aliphatic heterocycles. The summed E-state index contributed by atoms with van der Waals surface area (Å²) in [5.74, 6) is -1.87. The molecule has 2 N–H and O–H groups in total. The largest absolute Gasteiger partial charge is 0.482 e. The van der Waals surface area contributed by atoms with Crippen molar-refractivity contribution < 1.29 is 23.9 Å². The maximum absolute atomic E-state index is 13.4. The molecule has 11 heteroatoms. The minimum absolute atomic E-state index is 0.210. The predicted octanol–water partition coefficient (Wildman–Crippen LogP) is 6.47. The lowest BCUT2D eigenvalue weighted by Crippen LogP contribution is -2.54. The molecule has 8 nitrogen and oxygen atoms in total. The number of barbiturate groups is 1. The van der Waals surface area contributed by atoms with E-state index < -0.39 is 23.8 Å². The molecule has 1 heterocycles. The van der Waals surface area contributed by atoms with Crippen molar-refractivity contribution in [3.63, 3.8) is 0 Å². The van der Waals surface area contributed by atoms with Crippen LogP contribution in [0.3, 0.4) is 0 Å². The Kier molecular flexibility index (Phi) is 8.58. The van der Waals surface area contributed by atoms with Gasteiger partial charge in [-0.25, -0.2) is 9.69 Å². The highest BCUT2D eigenvalue weighted by Gasteiger charge is 2.37. The Morgan fingerprint density at radius 2 is 1.79 bits per heavy atom. The van der Waals surface area contributed by atoms with Gasteiger partial charge in [0, 0.05) is 20.7 Å². The summed E-state index contributed by atoms with van der Waals surface area (Å²) >= 11 is 13.0. The fourth-order valence-electron chi connectivity index (χ4n) is 3.82. The van der Waals surface area contributed by atoms with Gasteiger partial charge in [0.15, 0.2) is 6.61 Å². The molecule has 0 unspecified atom stereocenters. The Morgan fingerprint density at radius 3 is 2.51 bits per heavy atom. The molecule has 1 saturated heterocycles. The maximum Gasteiger partial charge on any atom is 0.335 e. The number of hydrogen-bond acceptors (Lipinski definition) is 5. The van der Waals surface area contributed by atoms with Gasteiger partial charge in [0.25, 0.3) is 17.7 Å². The second-order valence-corrected chi connectivity index (χ2v) is 11.0. The molecular formula is C28H22Br2ClN3O5. The van der Waals surface area contributed by atoms with Crippen LogP contribution in [-0.4, -0.2) is 30.4 Å². The lowest BCUT2D eigenvalue weighted by Gasteiger charge is -2.26. The van der Waals surface area contributed by atoms with E-state index in [-0.39, 0.29) is 23.6 Å². The zero-order chi connectivity index (χ0) is 28.4. The summed E-state index contributed by atoms with van der Waals surface area (Å²) in [6.45, 7) is 5.31. The van der Waals surface area contributed by atoms with Crippen molar-refractivity contribution in [2.24, 2.45) is 0 Å². The number of ether oxygens (including phenoxy) is 1. The Balaban J connectivity index is 1.64. The maximum atomic E-state index is 13.4. The van der Waals surface area contributed by atoms with Crippen LogP contribution in [0.15, 0.2) is 63.0 Å². The number of aryl methyl sites for hydroxylation is 2. The first kappa shape index (κ1) is 28.5. The van der Waals surface area contributed by atoms with E-state index in [9.17, 15) is 19.2 Å². The van der Waals surface area contributed by atoms with E-state index in [0.717, 1.165) is 21.6 Å². The number of anilines is 2. The van der Waals surface area contributed by atoms with E-state index in [2.05, 4.69) is 42.5 Å². The first-order valence-electron chi connectivity index (χ1n) is 11.6. The van der Waals surface area contributed by atoms with E-state index in [0.29, 0.717) is 25.2 Å². The van der Waals surface area contributed by atoms with Crippen LogP contribution in [0.1, 0.15) is 22.3 Å². The first-order chi connectivity index (χ1) is 18.5. The summed E-state index contributed by atoms with van der Waals surface area (Å²) in [5, 5.41) is 5.38. The molecule has 1 fully saturated rings. The SMILES string of the molecule is Cc1ccc(N2C(=O)NC(=O)/C(=C\c3cc(Br)cc(Br)c3OCC(=O)Nc3cccc(C)c3C)C2=O)cc1Cl. The summed E-state index contributed by atoms with van der Waals surface area (Å²) in [5.41, 5.74) is 3.64. The lowest BCUT2D eigenvalue weighted by atomic mass is 10.1. The number of urea groups is 1. The molecule has 200 valence electrons. The summed E-state index contributed by atoms with van der Waals surface area (Å²) in [6, 6.07) is 12.7. The van der Waals surface area contributed by atoms with Crippen molar-refractivity contribution in [1.29, 1.82) is 0 Å². The second-order valence-electron chi connectivity index (χ2n) is 8.78. The second kappa shape index (κ2) is 11.7. The summed E-state index contributed by atoms with van der Waals surface area (Å²) < 4.78 is 6.93. The molecule has 0 atom stereocenters. The Bertz CT molecular complexity index is 1570. The quantitative estimate of drug-likeness (QED) is 0.230. The Labute approximate surface area is 246 Å². The molecule has 0 spiro atoms. The summed E-state index contributed by atoms with van der Waals surface area (Å²) in [7, 11) is 0. The molecule has 5 amide bonds. The average Bonchev–Trinajstić information content (AvgIpc) is 2.86. The smallest absolute Gasteiger partial charge is 0.335 e. The van der Waals surface area contributed by atoms with Crippen LogP contribution in [-0.2, 0) is 14.4 Å². The van der Waals surface area contributed by atoms with Crippen molar-refractivity contribution in [2.45, 2.75) is 20.8 Å². The molecule has 3 aromatic rings. The van der Waals surface area contributed by atoms with Crippen LogP contribution < -0.4 is 20.3 Å². The van der Waals surface area contributed by atoms with E-state index in [4.69, 9.17) is 16.3 Å². The van der Waals surface area contributed by atoms with E-state index in [1.165, 1.54) is 12.1 Å². The highest BCUT2D eigenvalue weighted by molar-refractivity contribution is 9.11. The monoisotopic (exact) mass is 673 g/mol. The fourth-order valence-corrected chi connectivity index (χ4v) is 5.37. The zero-order valence-corrected chi connectivity index (χ0v) is 25.0. The van der Waals surface area contributed by atoms with Crippen molar-refractivity contribution in [1.82, 2.24) is 5.32 Å². The van der Waals surface area contributed by atoms with Gasteiger partial charge in [0.05, 0.1) is 10.2 Å². The number of rotatable bonds is 6. The fraction of sp³-hybridized carbons (Fsp3) is 0.143. The van der Waals surface area contributed by atoms with Crippen LogP contribution in [0.2, 0.25) is 5.02 Å². The number of halogens is 3. The minimum atomic E-state index is -0.892. The molecular weight excluding hydrogens is 654 g/mol. The van der Waals surface area contributed by atoms with Gasteiger partial charge >= 0.3 is 6.03 Å².